The molecule has 0 aliphatic rings. The first kappa shape index (κ1) is 12.4. The van der Waals surface area contributed by atoms with Gasteiger partial charge in [-0.1, -0.05) is 12.1 Å². The van der Waals surface area contributed by atoms with Crippen LogP contribution < -0.4 is 5.56 Å². The van der Waals surface area contributed by atoms with Crippen LogP contribution in [0.15, 0.2) is 44.2 Å². The largest absolute Gasteiger partial charge is 0.282 e. The highest BCUT2D eigenvalue weighted by atomic mass is 79.9. The first-order valence-corrected chi connectivity index (χ1v) is 6.32. The molecule has 0 N–H and O–H groups in total. The predicted octanol–water partition coefficient (Wildman–Crippen LogP) is 2.96. The maximum absolute atomic E-state index is 13.0. The van der Waals surface area contributed by atoms with Crippen LogP contribution in [-0.2, 0) is 6.54 Å². The highest BCUT2D eigenvalue weighted by Gasteiger charge is 2.07. The standard InChI is InChI=1S/C11H7Br2FN2O/c12-9-5-15-16(11(17)10(9)13)6-7-2-1-3-8(14)4-7/h1-5H,6H2. The molecule has 0 aliphatic heterocycles. The molecule has 0 atom stereocenters. The van der Waals surface area contributed by atoms with Gasteiger partial charge in [0.15, 0.2) is 0 Å². The van der Waals surface area contributed by atoms with Gasteiger partial charge in [0, 0.05) is 0 Å². The lowest BCUT2D eigenvalue weighted by Gasteiger charge is -2.05. The molecular formula is C11H7Br2FN2O. The molecule has 0 saturated heterocycles. The zero-order valence-corrected chi connectivity index (χ0v) is 11.7. The number of nitrogens with zero attached hydrogens (tertiary/aromatic N) is 2. The second kappa shape index (κ2) is 5.10. The maximum atomic E-state index is 13.0. The Hall–Kier alpha value is -1.01. The van der Waals surface area contributed by atoms with Crippen LogP contribution in [0.4, 0.5) is 4.39 Å². The van der Waals surface area contributed by atoms with Gasteiger partial charge in [-0.3, -0.25) is 4.79 Å². The molecule has 6 heteroatoms. The normalized spacial score (nSPS) is 10.5. The number of rotatable bonds is 2. The van der Waals surface area contributed by atoms with E-state index in [1.54, 1.807) is 12.1 Å². The van der Waals surface area contributed by atoms with E-state index in [0.29, 0.717) is 14.5 Å². The molecule has 0 saturated carbocycles. The average Bonchev–Trinajstić information content (AvgIpc) is 2.30. The van der Waals surface area contributed by atoms with Crippen molar-refractivity contribution in [2.45, 2.75) is 6.54 Å². The van der Waals surface area contributed by atoms with E-state index >= 15 is 0 Å². The van der Waals surface area contributed by atoms with E-state index in [9.17, 15) is 9.18 Å². The van der Waals surface area contributed by atoms with Crippen LogP contribution in [0.5, 0.6) is 0 Å². The van der Waals surface area contributed by atoms with Gasteiger partial charge in [-0.15, -0.1) is 0 Å². The molecular weight excluding hydrogens is 355 g/mol. The molecule has 17 heavy (non-hydrogen) atoms. The lowest BCUT2D eigenvalue weighted by molar-refractivity contribution is 0.608. The molecule has 3 nitrogen and oxygen atoms in total. The lowest BCUT2D eigenvalue weighted by atomic mass is 10.2. The molecule has 0 amide bonds. The van der Waals surface area contributed by atoms with E-state index in [0.717, 1.165) is 0 Å². The minimum absolute atomic E-state index is 0.239. The molecule has 2 aromatic rings. The third-order valence-electron chi connectivity index (χ3n) is 2.16. The van der Waals surface area contributed by atoms with Gasteiger partial charge in [-0.25, -0.2) is 9.07 Å². The van der Waals surface area contributed by atoms with Crippen LogP contribution in [-0.4, -0.2) is 9.78 Å². The third kappa shape index (κ3) is 2.81. The number of hydrogen-bond acceptors (Lipinski definition) is 2. The molecule has 1 heterocycles. The van der Waals surface area contributed by atoms with Gasteiger partial charge in [0.05, 0.1) is 17.2 Å². The first-order valence-electron chi connectivity index (χ1n) is 4.73. The van der Waals surface area contributed by atoms with Crippen molar-refractivity contribution < 1.29 is 4.39 Å². The van der Waals surface area contributed by atoms with Crippen LogP contribution in [0, 0.1) is 5.82 Å². The van der Waals surface area contributed by atoms with Crippen molar-refractivity contribution in [2.75, 3.05) is 0 Å². The van der Waals surface area contributed by atoms with E-state index in [4.69, 9.17) is 0 Å². The molecule has 0 unspecified atom stereocenters. The fourth-order valence-electron chi connectivity index (χ4n) is 1.37. The number of halogens is 3. The van der Waals surface area contributed by atoms with Crippen molar-refractivity contribution >= 4 is 31.9 Å². The molecule has 88 valence electrons. The monoisotopic (exact) mass is 360 g/mol. The van der Waals surface area contributed by atoms with E-state index in [-0.39, 0.29) is 17.9 Å². The Morgan fingerprint density at radius 2 is 2.12 bits per heavy atom. The van der Waals surface area contributed by atoms with Gasteiger partial charge in [-0.2, -0.15) is 5.10 Å². The third-order valence-corrected chi connectivity index (χ3v) is 4.06. The Labute approximate surface area is 114 Å². The second-order valence-electron chi connectivity index (χ2n) is 3.40. The van der Waals surface area contributed by atoms with Gasteiger partial charge >= 0.3 is 0 Å². The minimum Gasteiger partial charge on any atom is -0.266 e. The van der Waals surface area contributed by atoms with E-state index in [1.165, 1.54) is 23.0 Å². The summed E-state index contributed by atoms with van der Waals surface area (Å²) in [6.07, 6.45) is 1.52. The summed E-state index contributed by atoms with van der Waals surface area (Å²) in [6.45, 7) is 0.239. The quantitative estimate of drug-likeness (QED) is 0.824. The fraction of sp³-hybridized carbons (Fsp3) is 0.0909. The first-order chi connectivity index (χ1) is 8.08. The van der Waals surface area contributed by atoms with Crippen molar-refractivity contribution in [3.63, 3.8) is 0 Å². The van der Waals surface area contributed by atoms with Gasteiger partial charge in [-0.05, 0) is 49.6 Å². The summed E-state index contributed by atoms with van der Waals surface area (Å²) in [5.74, 6) is -0.327. The summed E-state index contributed by atoms with van der Waals surface area (Å²) in [7, 11) is 0. The highest BCUT2D eigenvalue weighted by Crippen LogP contribution is 2.16. The van der Waals surface area contributed by atoms with Gasteiger partial charge in [0.2, 0.25) is 0 Å². The summed E-state index contributed by atoms with van der Waals surface area (Å²) >= 11 is 6.36. The maximum Gasteiger partial charge on any atom is 0.282 e. The summed E-state index contributed by atoms with van der Waals surface area (Å²) in [5.41, 5.74) is 0.428. The molecule has 0 aliphatic carbocycles. The van der Waals surface area contributed by atoms with E-state index in [1.807, 2.05) is 0 Å². The Bertz CT molecular complexity index is 613. The Balaban J connectivity index is 2.37. The molecule has 0 fully saturated rings. The van der Waals surface area contributed by atoms with E-state index < -0.39 is 0 Å². The average molecular weight is 362 g/mol. The Kier molecular flexibility index (Phi) is 3.73. The number of hydrogen-bond donors (Lipinski definition) is 0. The number of benzene rings is 1. The van der Waals surface area contributed by atoms with Crippen LogP contribution in [0.25, 0.3) is 0 Å². The van der Waals surface area contributed by atoms with Crippen molar-refractivity contribution in [3.8, 4) is 0 Å². The van der Waals surface area contributed by atoms with Crippen molar-refractivity contribution in [1.29, 1.82) is 0 Å². The highest BCUT2D eigenvalue weighted by molar-refractivity contribution is 9.13. The predicted molar refractivity (Wildman–Crippen MR) is 69.4 cm³/mol. The zero-order valence-electron chi connectivity index (χ0n) is 8.53. The Morgan fingerprint density at radius 1 is 1.35 bits per heavy atom. The number of aromatic nitrogens is 2. The van der Waals surface area contributed by atoms with Gasteiger partial charge < -0.3 is 0 Å². The topological polar surface area (TPSA) is 34.9 Å². The summed E-state index contributed by atoms with van der Waals surface area (Å²) < 4.78 is 15.3. The van der Waals surface area contributed by atoms with E-state index in [2.05, 4.69) is 37.0 Å². The van der Waals surface area contributed by atoms with Crippen LogP contribution in [0.2, 0.25) is 0 Å². The summed E-state index contributed by atoms with van der Waals surface area (Å²) in [5, 5.41) is 3.97. The SMILES string of the molecule is O=c1c(Br)c(Br)cnn1Cc1cccc(F)c1. The molecule has 0 spiro atoms. The smallest absolute Gasteiger partial charge is 0.266 e. The molecule has 2 rings (SSSR count). The fourth-order valence-corrected chi connectivity index (χ4v) is 1.93. The molecule has 0 bridgehead atoms. The van der Waals surface area contributed by atoms with Crippen LogP contribution in [0.3, 0.4) is 0 Å². The van der Waals surface area contributed by atoms with Crippen LogP contribution >= 0.6 is 31.9 Å². The second-order valence-corrected chi connectivity index (χ2v) is 5.05. The minimum atomic E-state index is -0.327. The van der Waals surface area contributed by atoms with Crippen molar-refractivity contribution in [2.24, 2.45) is 0 Å². The Morgan fingerprint density at radius 3 is 2.82 bits per heavy atom. The molecule has 1 aromatic carbocycles. The van der Waals surface area contributed by atoms with Gasteiger partial charge in [0.25, 0.3) is 5.56 Å². The molecule has 1 aromatic heterocycles. The van der Waals surface area contributed by atoms with Crippen LogP contribution in [0.1, 0.15) is 5.56 Å². The van der Waals surface area contributed by atoms with Gasteiger partial charge in [0.1, 0.15) is 10.3 Å². The van der Waals surface area contributed by atoms with Crippen molar-refractivity contribution in [3.05, 3.63) is 61.1 Å². The lowest BCUT2D eigenvalue weighted by Crippen LogP contribution is -2.24. The summed E-state index contributed by atoms with van der Waals surface area (Å²) in [4.78, 5) is 11.8. The van der Waals surface area contributed by atoms with Crippen molar-refractivity contribution in [1.82, 2.24) is 9.78 Å². The zero-order chi connectivity index (χ0) is 12.4. The molecule has 0 radical (unpaired) electrons. The summed E-state index contributed by atoms with van der Waals surface area (Å²) in [6, 6.07) is 6.08.